The molecule has 374 valence electrons. The van der Waals surface area contributed by atoms with Crippen molar-refractivity contribution in [2.45, 2.75) is 131 Å². The molecule has 1 aliphatic heterocycles. The third-order valence-electron chi connectivity index (χ3n) is 14.3. The average Bonchev–Trinajstić information content (AvgIpc) is 3.35. The molecule has 0 saturated carbocycles. The minimum absolute atomic E-state index is 0.417. The largest absolute Gasteiger partial charge is 0.493 e. The molecule has 4 atom stereocenters. The lowest BCUT2D eigenvalue weighted by molar-refractivity contribution is -0.00706. The summed E-state index contributed by atoms with van der Waals surface area (Å²) in [6.07, 6.45) is 14.5. The van der Waals surface area contributed by atoms with Crippen molar-refractivity contribution < 1.29 is 37.9 Å². The van der Waals surface area contributed by atoms with Gasteiger partial charge in [-0.1, -0.05) is 166 Å². The van der Waals surface area contributed by atoms with Gasteiger partial charge in [-0.3, -0.25) is 0 Å². The highest BCUT2D eigenvalue weighted by molar-refractivity contribution is 5.56. The van der Waals surface area contributed by atoms with Gasteiger partial charge in [-0.05, 0) is 81.0 Å². The predicted octanol–water partition coefficient (Wildman–Crippen LogP) is 13.4. The summed E-state index contributed by atoms with van der Waals surface area (Å²) in [4.78, 5) is 0. The van der Waals surface area contributed by atoms with Gasteiger partial charge in [-0.15, -0.1) is 0 Å². The van der Waals surface area contributed by atoms with Gasteiger partial charge in [0.05, 0.1) is 66.1 Å². The van der Waals surface area contributed by atoms with E-state index < -0.39 is 0 Å². The molecule has 0 aromatic heterocycles. The number of fused-ring (bicyclic) bond motifs is 2. The van der Waals surface area contributed by atoms with Gasteiger partial charge in [0.2, 0.25) is 0 Å². The highest BCUT2D eigenvalue weighted by atomic mass is 16.6. The van der Waals surface area contributed by atoms with Crippen LogP contribution in [0, 0.1) is 23.7 Å². The van der Waals surface area contributed by atoms with Gasteiger partial charge in [0.25, 0.3) is 0 Å². The van der Waals surface area contributed by atoms with Crippen molar-refractivity contribution in [1.82, 2.24) is 0 Å². The van der Waals surface area contributed by atoms with Crippen LogP contribution in [-0.4, -0.2) is 79.3 Å². The maximum absolute atomic E-state index is 7.18. The minimum atomic E-state index is 0.417. The topological polar surface area (TPSA) is 73.8 Å². The van der Waals surface area contributed by atoms with Crippen LogP contribution in [0.15, 0.2) is 72.8 Å². The van der Waals surface area contributed by atoms with Crippen molar-refractivity contribution in [2.75, 3.05) is 79.3 Å². The molecule has 8 nitrogen and oxygen atoms in total. The van der Waals surface area contributed by atoms with E-state index in [1.54, 1.807) is 0 Å². The van der Waals surface area contributed by atoms with Crippen molar-refractivity contribution >= 4 is 0 Å². The molecule has 1 aliphatic carbocycles. The number of hydrogen-bond acceptors (Lipinski definition) is 8. The first-order valence-corrected chi connectivity index (χ1v) is 26.7. The fraction of sp³-hybridized carbons (Fsp3) is 0.600. The summed E-state index contributed by atoms with van der Waals surface area (Å²) in [6.45, 7) is 20.0. The fourth-order valence-electron chi connectivity index (χ4n) is 10.2. The summed E-state index contributed by atoms with van der Waals surface area (Å²) in [5, 5.41) is 0. The van der Waals surface area contributed by atoms with E-state index in [-0.39, 0.29) is 0 Å². The fourth-order valence-corrected chi connectivity index (χ4v) is 10.2. The number of benzene rings is 4. The Morgan fingerprint density at radius 1 is 0.368 bits per heavy atom. The maximum Gasteiger partial charge on any atom is 0.126 e. The van der Waals surface area contributed by atoms with Gasteiger partial charge in [0.1, 0.15) is 36.2 Å². The van der Waals surface area contributed by atoms with Crippen molar-refractivity contribution in [2.24, 2.45) is 23.7 Å². The van der Waals surface area contributed by atoms with Gasteiger partial charge < -0.3 is 37.9 Å². The number of rotatable bonds is 18. The molecule has 0 fully saturated rings. The summed E-state index contributed by atoms with van der Waals surface area (Å²) < 4.78 is 51.8. The van der Waals surface area contributed by atoms with Crippen LogP contribution in [0.2, 0.25) is 0 Å². The molecule has 4 aromatic rings. The third-order valence-corrected chi connectivity index (χ3v) is 14.3. The SMILES string of the molecule is CCCC(CC)CC(CC)COc1c2cccc1Cc1cccc3c1OCCOCCOCCOCCOCCOc1c(cccc1Cc1cccc(c1OCC(CC)CC(CC)CCC)C3)C2. The van der Waals surface area contributed by atoms with Crippen LogP contribution in [0.1, 0.15) is 150 Å². The lowest BCUT2D eigenvalue weighted by Gasteiger charge is -2.25. The second-order valence-corrected chi connectivity index (χ2v) is 19.2. The van der Waals surface area contributed by atoms with Crippen LogP contribution in [0.5, 0.6) is 23.0 Å². The maximum atomic E-state index is 7.18. The average molecular weight is 935 g/mol. The second kappa shape index (κ2) is 29.8. The lowest BCUT2D eigenvalue weighted by Crippen LogP contribution is -2.18. The van der Waals surface area contributed by atoms with E-state index in [0.29, 0.717) is 129 Å². The quantitative estimate of drug-likeness (QED) is 0.0860. The molecule has 4 aromatic carbocycles. The Labute approximate surface area is 411 Å². The van der Waals surface area contributed by atoms with E-state index in [0.717, 1.165) is 80.3 Å². The number of hydrogen-bond donors (Lipinski definition) is 0. The summed E-state index contributed by atoms with van der Waals surface area (Å²) >= 11 is 0. The summed E-state index contributed by atoms with van der Waals surface area (Å²) in [7, 11) is 0. The zero-order valence-corrected chi connectivity index (χ0v) is 42.9. The van der Waals surface area contributed by atoms with Gasteiger partial charge in [0.15, 0.2) is 0 Å². The van der Waals surface area contributed by atoms with Crippen LogP contribution in [0.25, 0.3) is 0 Å². The minimum Gasteiger partial charge on any atom is -0.493 e. The van der Waals surface area contributed by atoms with Crippen molar-refractivity contribution in [3.63, 3.8) is 0 Å². The molecule has 0 N–H and O–H groups in total. The number of para-hydroxylation sites is 4. The molecule has 8 heteroatoms. The van der Waals surface area contributed by atoms with Crippen molar-refractivity contribution in [1.29, 1.82) is 0 Å². The van der Waals surface area contributed by atoms with Crippen LogP contribution >= 0.6 is 0 Å². The first-order valence-electron chi connectivity index (χ1n) is 26.7. The Hall–Kier alpha value is -4.08. The van der Waals surface area contributed by atoms with Crippen molar-refractivity contribution in [3.8, 4) is 23.0 Å². The van der Waals surface area contributed by atoms with E-state index >= 15 is 0 Å². The van der Waals surface area contributed by atoms with E-state index in [4.69, 9.17) is 37.9 Å². The summed E-state index contributed by atoms with van der Waals surface area (Å²) in [6, 6.07) is 26.7. The highest BCUT2D eigenvalue weighted by Crippen LogP contribution is 2.40. The molecule has 6 rings (SSSR count). The van der Waals surface area contributed by atoms with E-state index in [1.165, 1.54) is 51.4 Å². The molecule has 0 amide bonds. The zero-order chi connectivity index (χ0) is 47.8. The third kappa shape index (κ3) is 16.2. The van der Waals surface area contributed by atoms with Crippen LogP contribution < -0.4 is 18.9 Å². The molecule has 1 heterocycles. The van der Waals surface area contributed by atoms with Gasteiger partial charge in [-0.25, -0.2) is 0 Å². The molecular formula is C60H86O8. The molecule has 0 radical (unpaired) electrons. The molecule has 10 bridgehead atoms. The Balaban J connectivity index is 1.47. The molecular weight excluding hydrogens is 849 g/mol. The lowest BCUT2D eigenvalue weighted by atomic mass is 9.88. The van der Waals surface area contributed by atoms with Crippen molar-refractivity contribution in [3.05, 3.63) is 117 Å². The molecule has 0 saturated heterocycles. The van der Waals surface area contributed by atoms with E-state index in [2.05, 4.69) is 114 Å². The van der Waals surface area contributed by atoms with Gasteiger partial charge in [0, 0.05) is 25.7 Å². The van der Waals surface area contributed by atoms with E-state index in [1.807, 2.05) is 0 Å². The first kappa shape index (κ1) is 53.3. The summed E-state index contributed by atoms with van der Waals surface area (Å²) in [5.41, 5.74) is 9.14. The molecule has 68 heavy (non-hydrogen) atoms. The Morgan fingerprint density at radius 3 is 0.926 bits per heavy atom. The first-order chi connectivity index (χ1) is 33.5. The van der Waals surface area contributed by atoms with Gasteiger partial charge in [-0.2, -0.15) is 0 Å². The predicted molar refractivity (Wildman–Crippen MR) is 276 cm³/mol. The standard InChI is InChI=1S/C60H86O8/c1-7-17-45(9-3)37-47(11-5)43-67-59-53-23-15-24-54(59)40-50-20-14-22-52-42-56-26-16-25-55(60(56)68-44-48(12-6)38-46(10-4)18-8-2)41-51-21-13-19-49(39-53)57(51)65-35-33-63-31-29-61-27-28-62-30-32-64-34-36-66-58(50)52/h13-16,19-26,45-48H,7-12,17-18,27-44H2,1-6H3. The highest BCUT2D eigenvalue weighted by Gasteiger charge is 2.24. The van der Waals surface area contributed by atoms with Crippen LogP contribution in [-0.2, 0) is 44.6 Å². The Kier molecular flexibility index (Phi) is 23.4. The van der Waals surface area contributed by atoms with Gasteiger partial charge >= 0.3 is 0 Å². The molecule has 2 aliphatic rings. The van der Waals surface area contributed by atoms with Crippen LogP contribution in [0.3, 0.4) is 0 Å². The normalized spacial score (nSPS) is 17.2. The Bertz CT molecular complexity index is 1820. The second-order valence-electron chi connectivity index (χ2n) is 19.2. The molecule has 0 spiro atoms. The van der Waals surface area contributed by atoms with E-state index in [9.17, 15) is 0 Å². The monoisotopic (exact) mass is 935 g/mol. The molecule has 4 unspecified atom stereocenters. The Morgan fingerprint density at radius 2 is 0.647 bits per heavy atom. The summed E-state index contributed by atoms with van der Waals surface area (Å²) in [5.74, 6) is 6.13. The van der Waals surface area contributed by atoms with Crippen LogP contribution in [0.4, 0.5) is 0 Å². The smallest absolute Gasteiger partial charge is 0.126 e. The zero-order valence-electron chi connectivity index (χ0n) is 42.9. The number of ether oxygens (including phenoxy) is 8.